The van der Waals surface area contributed by atoms with Crippen molar-refractivity contribution in [2.75, 3.05) is 11.1 Å². The van der Waals surface area contributed by atoms with Crippen LogP contribution in [0.3, 0.4) is 0 Å². The van der Waals surface area contributed by atoms with Gasteiger partial charge in [-0.25, -0.2) is 0 Å². The Balaban J connectivity index is 1.47. The van der Waals surface area contributed by atoms with Gasteiger partial charge in [0.15, 0.2) is 0 Å². The summed E-state index contributed by atoms with van der Waals surface area (Å²) in [6, 6.07) is 16.4. The molecule has 0 spiro atoms. The molecule has 1 aliphatic heterocycles. The molecule has 152 valence electrons. The number of nitrogens with zero attached hydrogens (tertiary/aromatic N) is 2. The number of nitro benzene ring substituents is 1. The van der Waals surface area contributed by atoms with Crippen LogP contribution in [-0.4, -0.2) is 27.4 Å². The number of carbonyl (C=O) groups excluding carboxylic acids is 2. The van der Waals surface area contributed by atoms with Crippen LogP contribution in [0.2, 0.25) is 0 Å². The number of carbonyl (C=O) groups is 2. The van der Waals surface area contributed by atoms with Crippen molar-refractivity contribution in [2.24, 2.45) is 0 Å². The predicted molar refractivity (Wildman–Crippen MR) is 112 cm³/mol. The summed E-state index contributed by atoms with van der Waals surface area (Å²) in [6.45, 7) is 0.387. The number of rotatable bonds is 6. The van der Waals surface area contributed by atoms with E-state index < -0.39 is 4.92 Å². The molecule has 1 fully saturated rings. The van der Waals surface area contributed by atoms with E-state index in [0.29, 0.717) is 29.3 Å². The van der Waals surface area contributed by atoms with Gasteiger partial charge >= 0.3 is 0 Å². The molecule has 0 unspecified atom stereocenters. The topological polar surface area (TPSA) is 106 Å². The molecule has 4 rings (SSSR count). The molecule has 8 nitrogen and oxygen atoms in total. The Morgan fingerprint density at radius 2 is 2.00 bits per heavy atom. The van der Waals surface area contributed by atoms with Crippen LogP contribution in [-0.2, 0) is 11.3 Å². The molecule has 2 aromatic carbocycles. The molecule has 1 N–H and O–H groups in total. The van der Waals surface area contributed by atoms with Crippen molar-refractivity contribution in [1.82, 2.24) is 4.90 Å². The molecule has 0 bridgehead atoms. The summed E-state index contributed by atoms with van der Waals surface area (Å²) in [7, 11) is 0. The average molecular weight is 423 g/mol. The first-order valence-corrected chi connectivity index (χ1v) is 10.2. The summed E-state index contributed by atoms with van der Waals surface area (Å²) in [6.07, 6.45) is 1.58. The Morgan fingerprint density at radius 1 is 1.20 bits per heavy atom. The number of nitro groups is 1. The fourth-order valence-corrected chi connectivity index (χ4v) is 4.36. The van der Waals surface area contributed by atoms with Crippen LogP contribution in [0.4, 0.5) is 11.4 Å². The Bertz CT molecular complexity index is 1080. The molecule has 9 heteroatoms. The predicted octanol–water partition coefficient (Wildman–Crippen LogP) is 4.21. The number of furan rings is 1. The minimum atomic E-state index is -0.514. The zero-order valence-corrected chi connectivity index (χ0v) is 16.5. The number of hydrogen-bond donors (Lipinski definition) is 1. The van der Waals surface area contributed by atoms with E-state index in [0.717, 1.165) is 5.56 Å². The van der Waals surface area contributed by atoms with Gasteiger partial charge in [-0.05, 0) is 35.9 Å². The molecule has 0 aliphatic carbocycles. The number of hydrogen-bond acceptors (Lipinski definition) is 6. The maximum Gasteiger partial charge on any atom is 0.271 e. The second-order valence-electron chi connectivity index (χ2n) is 6.65. The molecule has 1 atom stereocenters. The largest absolute Gasteiger partial charge is 0.467 e. The molecule has 1 saturated heterocycles. The van der Waals surface area contributed by atoms with Gasteiger partial charge in [0.25, 0.3) is 11.6 Å². The normalized spacial score (nSPS) is 15.9. The fourth-order valence-electron chi connectivity index (χ4n) is 3.17. The third-order valence-corrected chi connectivity index (χ3v) is 5.90. The second kappa shape index (κ2) is 8.42. The molecule has 1 aliphatic rings. The Hall–Kier alpha value is -3.59. The highest BCUT2D eigenvalue weighted by molar-refractivity contribution is 8.00. The van der Waals surface area contributed by atoms with Gasteiger partial charge in [0.2, 0.25) is 5.91 Å². The fraction of sp³-hybridized carbons (Fsp3) is 0.143. The van der Waals surface area contributed by atoms with Crippen LogP contribution in [0, 0.1) is 10.1 Å². The van der Waals surface area contributed by atoms with Crippen molar-refractivity contribution in [1.29, 1.82) is 0 Å². The van der Waals surface area contributed by atoms with Gasteiger partial charge in [-0.3, -0.25) is 19.7 Å². The molecular weight excluding hydrogens is 406 g/mol. The molecule has 1 aromatic heterocycles. The lowest BCUT2D eigenvalue weighted by atomic mass is 10.1. The van der Waals surface area contributed by atoms with E-state index in [4.69, 9.17) is 4.42 Å². The first-order chi connectivity index (χ1) is 14.5. The summed E-state index contributed by atoms with van der Waals surface area (Å²) in [4.78, 5) is 36.9. The smallest absolute Gasteiger partial charge is 0.271 e. The molecule has 0 radical (unpaired) electrons. The first-order valence-electron chi connectivity index (χ1n) is 9.10. The van der Waals surface area contributed by atoms with Crippen LogP contribution in [0.25, 0.3) is 0 Å². The number of anilines is 1. The van der Waals surface area contributed by atoms with Crippen molar-refractivity contribution in [2.45, 2.75) is 11.9 Å². The average Bonchev–Trinajstić information content (AvgIpc) is 3.39. The van der Waals surface area contributed by atoms with Crippen LogP contribution in [0.5, 0.6) is 0 Å². The maximum atomic E-state index is 12.5. The third-order valence-electron chi connectivity index (χ3n) is 4.65. The minimum absolute atomic E-state index is 0.0360. The highest BCUT2D eigenvalue weighted by Crippen LogP contribution is 2.39. The Kier molecular flexibility index (Phi) is 5.53. The highest BCUT2D eigenvalue weighted by Gasteiger charge is 2.33. The van der Waals surface area contributed by atoms with E-state index >= 15 is 0 Å². The molecule has 30 heavy (non-hydrogen) atoms. The number of nitrogens with one attached hydrogen (secondary N) is 1. The number of non-ortho nitro benzene ring substituents is 1. The molecule has 3 aromatic rings. The first kappa shape index (κ1) is 19.7. The van der Waals surface area contributed by atoms with E-state index in [9.17, 15) is 19.7 Å². The van der Waals surface area contributed by atoms with Gasteiger partial charge in [0.1, 0.15) is 11.1 Å². The Morgan fingerprint density at radius 3 is 2.70 bits per heavy atom. The summed E-state index contributed by atoms with van der Waals surface area (Å²) >= 11 is 1.53. The lowest BCUT2D eigenvalue weighted by Gasteiger charge is -2.23. The van der Waals surface area contributed by atoms with E-state index in [1.165, 1.54) is 30.0 Å². The van der Waals surface area contributed by atoms with Gasteiger partial charge < -0.3 is 14.6 Å². The quantitative estimate of drug-likeness (QED) is 0.470. The summed E-state index contributed by atoms with van der Waals surface area (Å²) < 4.78 is 5.36. The zero-order valence-electron chi connectivity index (χ0n) is 15.7. The third kappa shape index (κ3) is 4.20. The van der Waals surface area contributed by atoms with Crippen molar-refractivity contribution >= 4 is 35.0 Å². The lowest BCUT2D eigenvalue weighted by molar-refractivity contribution is -0.384. The SMILES string of the molecule is O=C(Nc1cccc([N+](=O)[O-])c1)c1ccc([C@H]2SCC(=O)N2Cc2ccco2)cc1. The van der Waals surface area contributed by atoms with Crippen molar-refractivity contribution in [3.63, 3.8) is 0 Å². The minimum Gasteiger partial charge on any atom is -0.467 e. The van der Waals surface area contributed by atoms with Gasteiger partial charge in [0, 0.05) is 23.4 Å². The van der Waals surface area contributed by atoms with E-state index in [1.54, 1.807) is 35.4 Å². The second-order valence-corrected chi connectivity index (χ2v) is 7.72. The Labute approximate surface area is 176 Å². The molecule has 2 amide bonds. The molecule has 2 heterocycles. The van der Waals surface area contributed by atoms with Gasteiger partial charge in [-0.15, -0.1) is 11.8 Å². The van der Waals surface area contributed by atoms with Crippen LogP contribution < -0.4 is 5.32 Å². The standard InChI is InChI=1S/C21H17N3O5S/c25-19-13-30-21(23(19)12-18-5-2-10-29-18)15-8-6-14(7-9-15)20(26)22-16-3-1-4-17(11-16)24(27)28/h1-11,21H,12-13H2,(H,22,26)/t21-/m1/s1. The van der Waals surface area contributed by atoms with Crippen molar-refractivity contribution in [3.8, 4) is 0 Å². The van der Waals surface area contributed by atoms with Crippen LogP contribution >= 0.6 is 11.8 Å². The summed E-state index contributed by atoms with van der Waals surface area (Å²) in [5.74, 6) is 0.766. The molecular formula is C21H17N3O5S. The highest BCUT2D eigenvalue weighted by atomic mass is 32.2. The molecule has 0 saturated carbocycles. The van der Waals surface area contributed by atoms with Gasteiger partial charge in [-0.2, -0.15) is 0 Å². The van der Waals surface area contributed by atoms with Crippen LogP contribution in [0.15, 0.2) is 71.3 Å². The lowest BCUT2D eigenvalue weighted by Crippen LogP contribution is -2.27. The van der Waals surface area contributed by atoms with Crippen molar-refractivity contribution in [3.05, 3.63) is 93.9 Å². The number of thioether (sulfide) groups is 1. The van der Waals surface area contributed by atoms with Crippen LogP contribution in [0.1, 0.15) is 27.1 Å². The number of benzene rings is 2. The van der Waals surface area contributed by atoms with Gasteiger partial charge in [0.05, 0.1) is 23.5 Å². The van der Waals surface area contributed by atoms with E-state index in [2.05, 4.69) is 5.32 Å². The van der Waals surface area contributed by atoms with E-state index in [1.807, 2.05) is 18.2 Å². The summed E-state index contributed by atoms with van der Waals surface area (Å²) in [5.41, 5.74) is 1.57. The van der Waals surface area contributed by atoms with Crippen molar-refractivity contribution < 1.29 is 18.9 Å². The number of amides is 2. The van der Waals surface area contributed by atoms with E-state index in [-0.39, 0.29) is 22.9 Å². The maximum absolute atomic E-state index is 12.5. The van der Waals surface area contributed by atoms with Gasteiger partial charge in [-0.1, -0.05) is 18.2 Å². The summed E-state index contributed by atoms with van der Waals surface area (Å²) in [5, 5.41) is 13.4. The monoisotopic (exact) mass is 423 g/mol. The zero-order chi connectivity index (χ0) is 21.1.